The molecule has 0 bridgehead atoms. The van der Waals surface area contributed by atoms with E-state index in [4.69, 9.17) is 0 Å². The molecule has 0 unspecified atom stereocenters. The van der Waals surface area contributed by atoms with Gasteiger partial charge in [0.15, 0.2) is 0 Å². The molecule has 0 radical (unpaired) electrons. The molecular formula is C11H22INO. The van der Waals surface area contributed by atoms with Gasteiger partial charge in [-0.05, 0) is 12.3 Å². The highest BCUT2D eigenvalue weighted by Gasteiger charge is 2.00. The lowest BCUT2D eigenvalue weighted by Crippen LogP contribution is -2.24. The fourth-order valence-corrected chi connectivity index (χ4v) is 1.56. The van der Waals surface area contributed by atoms with E-state index in [-0.39, 0.29) is 5.91 Å². The lowest BCUT2D eigenvalue weighted by molar-refractivity contribution is -0.121. The van der Waals surface area contributed by atoms with Gasteiger partial charge in [0.2, 0.25) is 5.91 Å². The summed E-state index contributed by atoms with van der Waals surface area (Å²) in [4.78, 5) is 11.2. The Hall–Kier alpha value is 0.200. The van der Waals surface area contributed by atoms with Crippen molar-refractivity contribution in [1.82, 2.24) is 5.32 Å². The van der Waals surface area contributed by atoms with Crippen LogP contribution in [-0.2, 0) is 4.79 Å². The third kappa shape index (κ3) is 10.3. The topological polar surface area (TPSA) is 29.1 Å². The molecule has 0 aliphatic carbocycles. The van der Waals surface area contributed by atoms with Gasteiger partial charge in [0, 0.05) is 17.4 Å². The third-order valence-corrected chi connectivity index (χ3v) is 2.64. The number of alkyl halides is 1. The molecule has 84 valence electrons. The van der Waals surface area contributed by atoms with Crippen LogP contribution in [0.25, 0.3) is 0 Å². The molecule has 3 heteroatoms. The van der Waals surface area contributed by atoms with Gasteiger partial charge >= 0.3 is 0 Å². The fraction of sp³-hybridized carbons (Fsp3) is 0.909. The highest BCUT2D eigenvalue weighted by molar-refractivity contribution is 14.1. The zero-order valence-electron chi connectivity index (χ0n) is 9.31. The number of halogens is 1. The van der Waals surface area contributed by atoms with E-state index < -0.39 is 0 Å². The molecule has 0 aromatic carbocycles. The van der Waals surface area contributed by atoms with E-state index in [2.05, 4.69) is 41.8 Å². The SMILES string of the molecule is CC(C)CCCCCC(=O)NCCI. The zero-order valence-corrected chi connectivity index (χ0v) is 11.5. The van der Waals surface area contributed by atoms with E-state index in [0.29, 0.717) is 6.42 Å². The summed E-state index contributed by atoms with van der Waals surface area (Å²) in [5.41, 5.74) is 0. The molecule has 0 heterocycles. The minimum atomic E-state index is 0.214. The summed E-state index contributed by atoms with van der Waals surface area (Å²) in [7, 11) is 0. The predicted octanol–water partition coefficient (Wildman–Crippen LogP) is 3.14. The van der Waals surface area contributed by atoms with Gasteiger partial charge in [0.1, 0.15) is 0 Å². The zero-order chi connectivity index (χ0) is 10.8. The van der Waals surface area contributed by atoms with Gasteiger partial charge in [-0.2, -0.15) is 0 Å². The largest absolute Gasteiger partial charge is 0.355 e. The van der Waals surface area contributed by atoms with Crippen LogP contribution in [0.15, 0.2) is 0 Å². The second-order valence-electron chi connectivity index (χ2n) is 4.03. The number of nitrogens with one attached hydrogen (secondary N) is 1. The summed E-state index contributed by atoms with van der Waals surface area (Å²) >= 11 is 2.26. The number of hydrogen-bond acceptors (Lipinski definition) is 1. The monoisotopic (exact) mass is 311 g/mol. The quantitative estimate of drug-likeness (QED) is 0.416. The average Bonchev–Trinajstić information content (AvgIpc) is 2.13. The van der Waals surface area contributed by atoms with Gasteiger partial charge in [0.05, 0.1) is 0 Å². The number of unbranched alkanes of at least 4 members (excludes halogenated alkanes) is 2. The molecule has 1 amide bonds. The second-order valence-corrected chi connectivity index (χ2v) is 5.11. The summed E-state index contributed by atoms with van der Waals surface area (Å²) in [6, 6.07) is 0. The van der Waals surface area contributed by atoms with Crippen LogP contribution < -0.4 is 5.32 Å². The summed E-state index contributed by atoms with van der Waals surface area (Å²) in [5.74, 6) is 1.01. The van der Waals surface area contributed by atoms with Crippen molar-refractivity contribution in [2.45, 2.75) is 46.0 Å². The van der Waals surface area contributed by atoms with Gasteiger partial charge in [-0.15, -0.1) is 0 Å². The highest BCUT2D eigenvalue weighted by atomic mass is 127. The normalized spacial score (nSPS) is 10.6. The molecule has 0 saturated carbocycles. The van der Waals surface area contributed by atoms with Crippen LogP contribution in [0, 0.1) is 5.92 Å². The molecule has 14 heavy (non-hydrogen) atoms. The van der Waals surface area contributed by atoms with E-state index in [1.807, 2.05) is 0 Å². The van der Waals surface area contributed by atoms with Crippen molar-refractivity contribution in [2.24, 2.45) is 5.92 Å². The van der Waals surface area contributed by atoms with Crippen LogP contribution in [0.4, 0.5) is 0 Å². The number of amides is 1. The van der Waals surface area contributed by atoms with Crippen LogP contribution in [-0.4, -0.2) is 16.9 Å². The Morgan fingerprint density at radius 2 is 2.00 bits per heavy atom. The Bertz CT molecular complexity index is 148. The van der Waals surface area contributed by atoms with Crippen LogP contribution in [0.3, 0.4) is 0 Å². The van der Waals surface area contributed by atoms with Crippen LogP contribution in [0.2, 0.25) is 0 Å². The number of carbonyl (C=O) groups is 1. The summed E-state index contributed by atoms with van der Waals surface area (Å²) in [6.07, 6.45) is 5.48. The van der Waals surface area contributed by atoms with Crippen molar-refractivity contribution >= 4 is 28.5 Å². The molecule has 0 atom stereocenters. The second kappa shape index (κ2) is 9.74. The summed E-state index contributed by atoms with van der Waals surface area (Å²) < 4.78 is 0.997. The van der Waals surface area contributed by atoms with Crippen LogP contribution in [0.5, 0.6) is 0 Å². The number of rotatable bonds is 8. The minimum Gasteiger partial charge on any atom is -0.355 e. The molecule has 0 rings (SSSR count). The third-order valence-electron chi connectivity index (χ3n) is 2.10. The summed E-state index contributed by atoms with van der Waals surface area (Å²) in [5, 5.41) is 2.89. The number of carbonyl (C=O) groups excluding carboxylic acids is 1. The van der Waals surface area contributed by atoms with E-state index in [1.165, 1.54) is 19.3 Å². The lowest BCUT2D eigenvalue weighted by atomic mass is 10.0. The molecule has 0 saturated heterocycles. The maximum Gasteiger partial charge on any atom is 0.220 e. The van der Waals surface area contributed by atoms with Gasteiger partial charge < -0.3 is 5.32 Å². The van der Waals surface area contributed by atoms with Crippen molar-refractivity contribution in [3.05, 3.63) is 0 Å². The molecule has 2 nitrogen and oxygen atoms in total. The Kier molecular flexibility index (Phi) is 9.88. The molecule has 0 spiro atoms. The highest BCUT2D eigenvalue weighted by Crippen LogP contribution is 2.09. The Morgan fingerprint density at radius 1 is 1.29 bits per heavy atom. The molecular weight excluding hydrogens is 289 g/mol. The summed E-state index contributed by atoms with van der Waals surface area (Å²) in [6.45, 7) is 5.30. The van der Waals surface area contributed by atoms with Crippen LogP contribution >= 0.6 is 22.6 Å². The van der Waals surface area contributed by atoms with E-state index in [9.17, 15) is 4.79 Å². The molecule has 0 aromatic rings. The first kappa shape index (κ1) is 14.2. The number of hydrogen-bond donors (Lipinski definition) is 1. The minimum absolute atomic E-state index is 0.214. The first-order chi connectivity index (χ1) is 6.66. The Morgan fingerprint density at radius 3 is 2.57 bits per heavy atom. The standard InChI is InChI=1S/C11H22INO/c1-10(2)6-4-3-5-7-11(14)13-9-8-12/h10H,3-9H2,1-2H3,(H,13,14). The maximum atomic E-state index is 11.2. The van der Waals surface area contributed by atoms with Crippen molar-refractivity contribution in [3.8, 4) is 0 Å². The van der Waals surface area contributed by atoms with Crippen molar-refractivity contribution in [1.29, 1.82) is 0 Å². The van der Waals surface area contributed by atoms with E-state index in [0.717, 1.165) is 23.3 Å². The first-order valence-electron chi connectivity index (χ1n) is 5.49. The Labute approximate surface area is 101 Å². The maximum absolute atomic E-state index is 11.2. The fourth-order valence-electron chi connectivity index (χ4n) is 1.29. The van der Waals surface area contributed by atoms with Crippen LogP contribution in [0.1, 0.15) is 46.0 Å². The van der Waals surface area contributed by atoms with Gasteiger partial charge in [0.25, 0.3) is 0 Å². The smallest absolute Gasteiger partial charge is 0.220 e. The van der Waals surface area contributed by atoms with Crippen molar-refractivity contribution < 1.29 is 4.79 Å². The molecule has 0 fully saturated rings. The molecule has 0 aliphatic heterocycles. The van der Waals surface area contributed by atoms with Crippen molar-refractivity contribution in [3.63, 3.8) is 0 Å². The van der Waals surface area contributed by atoms with Gasteiger partial charge in [-0.25, -0.2) is 0 Å². The molecule has 0 aromatic heterocycles. The lowest BCUT2D eigenvalue weighted by Gasteiger charge is -2.04. The predicted molar refractivity (Wildman–Crippen MR) is 69.8 cm³/mol. The van der Waals surface area contributed by atoms with Crippen molar-refractivity contribution in [2.75, 3.05) is 11.0 Å². The average molecular weight is 311 g/mol. The van der Waals surface area contributed by atoms with Gasteiger partial charge in [-0.3, -0.25) is 4.79 Å². The molecule has 0 aliphatic rings. The van der Waals surface area contributed by atoms with E-state index >= 15 is 0 Å². The first-order valence-corrected chi connectivity index (χ1v) is 7.02. The van der Waals surface area contributed by atoms with Gasteiger partial charge in [-0.1, -0.05) is 55.7 Å². The van der Waals surface area contributed by atoms with E-state index in [1.54, 1.807) is 0 Å². The Balaban J connectivity index is 3.15. The molecule has 1 N–H and O–H groups in total.